The Morgan fingerprint density at radius 3 is 2.56 bits per heavy atom. The van der Waals surface area contributed by atoms with E-state index in [0.717, 1.165) is 6.61 Å². The highest BCUT2D eigenvalue weighted by Crippen LogP contribution is 2.46. The van der Waals surface area contributed by atoms with Crippen LogP contribution in [0.3, 0.4) is 0 Å². The topological polar surface area (TPSA) is 24.5 Å². The van der Waals surface area contributed by atoms with E-state index in [0.29, 0.717) is 23.0 Å². The maximum atomic E-state index is 5.83. The minimum absolute atomic E-state index is 0.299. The molecule has 2 fully saturated rings. The predicted molar refractivity (Wildman–Crippen MR) is 75.8 cm³/mol. The summed E-state index contributed by atoms with van der Waals surface area (Å²) in [7, 11) is 2.29. The van der Waals surface area contributed by atoms with Crippen LogP contribution in [0.25, 0.3) is 0 Å². The number of ether oxygens (including phenoxy) is 1. The Labute approximate surface area is 112 Å². The van der Waals surface area contributed by atoms with Gasteiger partial charge < -0.3 is 15.0 Å². The molecule has 0 amide bonds. The van der Waals surface area contributed by atoms with E-state index < -0.39 is 0 Å². The highest BCUT2D eigenvalue weighted by molar-refractivity contribution is 5.04. The lowest BCUT2D eigenvalue weighted by molar-refractivity contribution is -0.149. The number of nitrogens with one attached hydrogen (secondary N) is 1. The molecule has 0 aromatic rings. The van der Waals surface area contributed by atoms with Gasteiger partial charge in [-0.15, -0.1) is 0 Å². The SMILES string of the molecule is CCOC1CC(N(C)CC2(C)CCNC2)C1(C)C. The van der Waals surface area contributed by atoms with E-state index in [4.69, 9.17) is 4.74 Å². The van der Waals surface area contributed by atoms with Gasteiger partial charge in [-0.25, -0.2) is 0 Å². The third kappa shape index (κ3) is 2.59. The van der Waals surface area contributed by atoms with Crippen LogP contribution in [0.15, 0.2) is 0 Å². The number of hydrogen-bond acceptors (Lipinski definition) is 3. The van der Waals surface area contributed by atoms with Gasteiger partial charge >= 0.3 is 0 Å². The van der Waals surface area contributed by atoms with E-state index in [2.05, 4.69) is 45.0 Å². The highest BCUT2D eigenvalue weighted by Gasteiger charge is 2.51. The maximum absolute atomic E-state index is 5.83. The van der Waals surface area contributed by atoms with Crippen molar-refractivity contribution in [1.82, 2.24) is 10.2 Å². The van der Waals surface area contributed by atoms with Crippen LogP contribution in [-0.2, 0) is 4.74 Å². The first-order chi connectivity index (χ1) is 8.39. The molecule has 1 aliphatic carbocycles. The molecule has 3 heteroatoms. The van der Waals surface area contributed by atoms with Crippen molar-refractivity contribution < 1.29 is 4.74 Å². The fourth-order valence-corrected chi connectivity index (χ4v) is 3.81. The first-order valence-corrected chi connectivity index (χ1v) is 7.41. The molecule has 1 saturated carbocycles. The first-order valence-electron chi connectivity index (χ1n) is 7.41. The van der Waals surface area contributed by atoms with Crippen LogP contribution >= 0.6 is 0 Å². The lowest BCUT2D eigenvalue weighted by Gasteiger charge is -2.56. The standard InChI is InChI=1S/C15H30N2O/c1-6-18-13-9-12(14(13,2)3)17(5)11-15(4)7-8-16-10-15/h12-13,16H,6-11H2,1-5H3. The summed E-state index contributed by atoms with van der Waals surface area (Å²) < 4.78 is 5.83. The smallest absolute Gasteiger partial charge is 0.0655 e. The van der Waals surface area contributed by atoms with Crippen molar-refractivity contribution >= 4 is 0 Å². The Kier molecular flexibility index (Phi) is 4.05. The zero-order valence-corrected chi connectivity index (χ0v) is 12.8. The van der Waals surface area contributed by atoms with Crippen molar-refractivity contribution in [2.45, 2.75) is 52.7 Å². The summed E-state index contributed by atoms with van der Waals surface area (Å²) >= 11 is 0. The van der Waals surface area contributed by atoms with Gasteiger partial charge in [0.05, 0.1) is 6.10 Å². The van der Waals surface area contributed by atoms with Crippen LogP contribution in [0.4, 0.5) is 0 Å². The van der Waals surface area contributed by atoms with Crippen LogP contribution in [0.2, 0.25) is 0 Å². The second-order valence-electron chi connectivity index (χ2n) is 7.17. The van der Waals surface area contributed by atoms with Gasteiger partial charge in [0.2, 0.25) is 0 Å². The maximum Gasteiger partial charge on any atom is 0.0655 e. The Balaban J connectivity index is 1.89. The molecule has 106 valence electrons. The second-order valence-corrected chi connectivity index (χ2v) is 7.17. The average Bonchev–Trinajstić information content (AvgIpc) is 2.70. The number of hydrogen-bond donors (Lipinski definition) is 1. The van der Waals surface area contributed by atoms with Crippen LogP contribution in [-0.4, -0.2) is 50.3 Å². The lowest BCUT2D eigenvalue weighted by atomic mass is 9.63. The highest BCUT2D eigenvalue weighted by atomic mass is 16.5. The monoisotopic (exact) mass is 254 g/mol. The van der Waals surface area contributed by atoms with Crippen LogP contribution in [0.5, 0.6) is 0 Å². The molecule has 3 nitrogen and oxygen atoms in total. The van der Waals surface area contributed by atoms with Gasteiger partial charge in [0.1, 0.15) is 0 Å². The first kappa shape index (κ1) is 14.3. The Morgan fingerprint density at radius 2 is 2.06 bits per heavy atom. The Morgan fingerprint density at radius 1 is 1.33 bits per heavy atom. The van der Waals surface area contributed by atoms with E-state index in [1.54, 1.807) is 0 Å². The molecule has 2 rings (SSSR count). The van der Waals surface area contributed by atoms with Crippen LogP contribution in [0, 0.1) is 10.8 Å². The number of rotatable bonds is 5. The number of nitrogens with zero attached hydrogens (tertiary/aromatic N) is 1. The molecule has 1 heterocycles. The van der Waals surface area contributed by atoms with Gasteiger partial charge in [-0.1, -0.05) is 20.8 Å². The molecule has 0 aromatic heterocycles. The van der Waals surface area contributed by atoms with E-state index >= 15 is 0 Å². The fraction of sp³-hybridized carbons (Fsp3) is 1.00. The van der Waals surface area contributed by atoms with E-state index in [9.17, 15) is 0 Å². The van der Waals surface area contributed by atoms with Gasteiger partial charge in [0, 0.05) is 31.2 Å². The minimum Gasteiger partial charge on any atom is -0.378 e. The molecular weight excluding hydrogens is 224 g/mol. The van der Waals surface area contributed by atoms with Gasteiger partial charge in [-0.05, 0) is 38.8 Å². The second kappa shape index (κ2) is 5.10. The lowest BCUT2D eigenvalue weighted by Crippen LogP contribution is -2.62. The summed E-state index contributed by atoms with van der Waals surface area (Å²) in [4.78, 5) is 2.57. The molecule has 1 aliphatic heterocycles. The van der Waals surface area contributed by atoms with Crippen molar-refractivity contribution in [3.63, 3.8) is 0 Å². The largest absolute Gasteiger partial charge is 0.378 e. The van der Waals surface area contributed by atoms with Crippen molar-refractivity contribution in [2.75, 3.05) is 33.3 Å². The molecule has 3 atom stereocenters. The van der Waals surface area contributed by atoms with Gasteiger partial charge in [-0.2, -0.15) is 0 Å². The molecule has 1 N–H and O–H groups in total. The van der Waals surface area contributed by atoms with Gasteiger partial charge in [0.25, 0.3) is 0 Å². The van der Waals surface area contributed by atoms with Crippen molar-refractivity contribution in [1.29, 1.82) is 0 Å². The quantitative estimate of drug-likeness (QED) is 0.813. The summed E-state index contributed by atoms with van der Waals surface area (Å²) in [6.45, 7) is 13.6. The predicted octanol–water partition coefficient (Wildman–Crippen LogP) is 2.12. The minimum atomic E-state index is 0.299. The van der Waals surface area contributed by atoms with E-state index in [-0.39, 0.29) is 0 Å². The fourth-order valence-electron chi connectivity index (χ4n) is 3.81. The zero-order chi connectivity index (χ0) is 13.4. The van der Waals surface area contributed by atoms with Crippen LogP contribution in [0.1, 0.15) is 40.5 Å². The van der Waals surface area contributed by atoms with E-state index in [1.165, 1.54) is 32.5 Å². The molecule has 18 heavy (non-hydrogen) atoms. The zero-order valence-electron chi connectivity index (χ0n) is 12.8. The Bertz CT molecular complexity index is 284. The molecule has 0 aromatic carbocycles. The molecule has 0 spiro atoms. The third-order valence-corrected chi connectivity index (χ3v) is 5.11. The summed E-state index contributed by atoms with van der Waals surface area (Å²) in [5.41, 5.74) is 0.759. The molecule has 0 bridgehead atoms. The van der Waals surface area contributed by atoms with Crippen molar-refractivity contribution in [3.05, 3.63) is 0 Å². The average molecular weight is 254 g/mol. The summed E-state index contributed by atoms with van der Waals surface area (Å²) in [5, 5.41) is 3.49. The van der Waals surface area contributed by atoms with Crippen LogP contribution < -0.4 is 5.32 Å². The van der Waals surface area contributed by atoms with Crippen molar-refractivity contribution in [3.8, 4) is 0 Å². The summed E-state index contributed by atoms with van der Waals surface area (Å²) in [5.74, 6) is 0. The molecule has 2 aliphatic rings. The van der Waals surface area contributed by atoms with Crippen molar-refractivity contribution in [2.24, 2.45) is 10.8 Å². The van der Waals surface area contributed by atoms with Gasteiger partial charge in [-0.3, -0.25) is 0 Å². The molecule has 0 radical (unpaired) electrons. The molecule has 3 unspecified atom stereocenters. The van der Waals surface area contributed by atoms with E-state index in [1.807, 2.05) is 0 Å². The summed E-state index contributed by atoms with van der Waals surface area (Å²) in [6, 6.07) is 0.673. The third-order valence-electron chi connectivity index (χ3n) is 5.11. The van der Waals surface area contributed by atoms with Gasteiger partial charge in [0.15, 0.2) is 0 Å². The molecule has 1 saturated heterocycles. The summed E-state index contributed by atoms with van der Waals surface area (Å²) in [6.07, 6.45) is 2.95. The Hall–Kier alpha value is -0.120. The normalized spacial score (nSPS) is 39.0. The molecular formula is C15H30N2O.